The van der Waals surface area contributed by atoms with Gasteiger partial charge in [0.25, 0.3) is 5.91 Å². The van der Waals surface area contributed by atoms with E-state index in [1.54, 1.807) is 26.1 Å². The highest BCUT2D eigenvalue weighted by atomic mass is 32.2. The summed E-state index contributed by atoms with van der Waals surface area (Å²) >= 11 is 0. The summed E-state index contributed by atoms with van der Waals surface area (Å²) in [5, 5.41) is -0.471. The number of furan rings is 1. The predicted molar refractivity (Wildman–Crippen MR) is 76.4 cm³/mol. The highest BCUT2D eigenvalue weighted by Crippen LogP contribution is 2.28. The van der Waals surface area contributed by atoms with E-state index in [1.165, 1.54) is 11.2 Å². The molecule has 1 aromatic rings. The molecule has 0 radical (unpaired) electrons. The van der Waals surface area contributed by atoms with Gasteiger partial charge in [-0.2, -0.15) is 0 Å². The van der Waals surface area contributed by atoms with Crippen LogP contribution >= 0.6 is 0 Å². The molecular weight excluding hydrogens is 278 g/mol. The zero-order chi connectivity index (χ0) is 14.9. The Bertz CT molecular complexity index is 590. The van der Waals surface area contributed by atoms with Gasteiger partial charge in [0, 0.05) is 19.3 Å². The third kappa shape index (κ3) is 3.06. The average molecular weight is 299 g/mol. The van der Waals surface area contributed by atoms with Crippen LogP contribution in [0.5, 0.6) is 0 Å². The molecule has 0 N–H and O–H groups in total. The third-order valence-electron chi connectivity index (χ3n) is 3.99. The molecule has 0 aromatic carbocycles. The fourth-order valence-electron chi connectivity index (χ4n) is 2.89. The number of amides is 1. The summed E-state index contributed by atoms with van der Waals surface area (Å²) in [5.74, 6) is 0.687. The standard InChI is InChI=1S/C14H21NO4S/c1-10-8-9-12(19-10)14(16)15(2)11-6-4-5-7-13(11)20(3,17)18/h8-9,11,13H,4-7H2,1-3H3/t11-,13-/m0/s1. The fourth-order valence-corrected chi connectivity index (χ4v) is 4.38. The molecule has 0 aliphatic heterocycles. The van der Waals surface area contributed by atoms with E-state index in [0.717, 1.165) is 19.3 Å². The Hall–Kier alpha value is -1.30. The molecule has 1 aliphatic carbocycles. The molecular formula is C14H21NO4S. The number of aryl methyl sites for hydroxylation is 1. The zero-order valence-corrected chi connectivity index (χ0v) is 12.9. The van der Waals surface area contributed by atoms with Crippen molar-refractivity contribution in [3.05, 3.63) is 23.7 Å². The molecule has 1 saturated carbocycles. The molecule has 0 saturated heterocycles. The van der Waals surface area contributed by atoms with Crippen molar-refractivity contribution in [1.82, 2.24) is 4.90 Å². The third-order valence-corrected chi connectivity index (χ3v) is 5.64. The minimum absolute atomic E-state index is 0.251. The van der Waals surface area contributed by atoms with Gasteiger partial charge in [0.15, 0.2) is 15.6 Å². The number of carbonyl (C=O) groups is 1. The van der Waals surface area contributed by atoms with Crippen molar-refractivity contribution in [2.45, 2.75) is 43.9 Å². The first-order chi connectivity index (χ1) is 9.30. The van der Waals surface area contributed by atoms with Crippen molar-refractivity contribution in [2.24, 2.45) is 0 Å². The summed E-state index contributed by atoms with van der Waals surface area (Å²) in [6.45, 7) is 1.77. The minimum Gasteiger partial charge on any atom is -0.456 e. The van der Waals surface area contributed by atoms with Crippen LogP contribution in [0.25, 0.3) is 0 Å². The molecule has 1 aromatic heterocycles. The lowest BCUT2D eigenvalue weighted by Gasteiger charge is -2.36. The Balaban J connectivity index is 2.21. The lowest BCUT2D eigenvalue weighted by Crippen LogP contribution is -2.49. The molecule has 0 bridgehead atoms. The molecule has 5 nitrogen and oxygen atoms in total. The van der Waals surface area contributed by atoms with Gasteiger partial charge in [-0.05, 0) is 31.9 Å². The lowest BCUT2D eigenvalue weighted by molar-refractivity contribution is 0.0667. The van der Waals surface area contributed by atoms with Gasteiger partial charge in [0.1, 0.15) is 5.76 Å². The van der Waals surface area contributed by atoms with Crippen molar-refractivity contribution < 1.29 is 17.6 Å². The Morgan fingerprint density at radius 1 is 1.30 bits per heavy atom. The number of carbonyl (C=O) groups excluding carboxylic acids is 1. The average Bonchev–Trinajstić information content (AvgIpc) is 2.83. The Morgan fingerprint density at radius 3 is 2.50 bits per heavy atom. The van der Waals surface area contributed by atoms with Gasteiger partial charge in [0.2, 0.25) is 0 Å². The van der Waals surface area contributed by atoms with Crippen LogP contribution in [-0.2, 0) is 9.84 Å². The predicted octanol–water partition coefficient (Wildman–Crippen LogP) is 2.02. The maximum absolute atomic E-state index is 12.4. The second-order valence-corrected chi connectivity index (χ2v) is 7.81. The van der Waals surface area contributed by atoms with Gasteiger partial charge in [-0.15, -0.1) is 0 Å². The Morgan fingerprint density at radius 2 is 1.95 bits per heavy atom. The largest absolute Gasteiger partial charge is 0.456 e. The van der Waals surface area contributed by atoms with Crippen LogP contribution in [0.3, 0.4) is 0 Å². The maximum Gasteiger partial charge on any atom is 0.289 e. The first kappa shape index (κ1) is 15.1. The number of rotatable bonds is 3. The highest BCUT2D eigenvalue weighted by Gasteiger charge is 2.37. The molecule has 0 unspecified atom stereocenters. The molecule has 2 atom stereocenters. The first-order valence-corrected chi connectivity index (χ1v) is 8.78. The number of hydrogen-bond donors (Lipinski definition) is 0. The van der Waals surface area contributed by atoms with E-state index in [9.17, 15) is 13.2 Å². The second kappa shape index (κ2) is 5.60. The molecule has 1 fully saturated rings. The molecule has 112 valence electrons. The normalized spacial score (nSPS) is 23.6. The number of nitrogens with zero attached hydrogens (tertiary/aromatic N) is 1. The van der Waals surface area contributed by atoms with Gasteiger partial charge in [-0.25, -0.2) is 8.42 Å². The van der Waals surface area contributed by atoms with Crippen molar-refractivity contribution in [3.8, 4) is 0 Å². The molecule has 2 rings (SSSR count). The summed E-state index contributed by atoms with van der Waals surface area (Å²) in [5.41, 5.74) is 0. The van der Waals surface area contributed by atoms with Crippen molar-refractivity contribution in [2.75, 3.05) is 13.3 Å². The van der Waals surface area contributed by atoms with E-state index in [2.05, 4.69) is 0 Å². The Labute approximate surface area is 119 Å². The highest BCUT2D eigenvalue weighted by molar-refractivity contribution is 7.91. The molecule has 20 heavy (non-hydrogen) atoms. The van der Waals surface area contributed by atoms with E-state index in [-0.39, 0.29) is 17.7 Å². The summed E-state index contributed by atoms with van der Waals surface area (Å²) in [6, 6.07) is 3.10. The monoisotopic (exact) mass is 299 g/mol. The molecule has 1 heterocycles. The minimum atomic E-state index is -3.16. The van der Waals surface area contributed by atoms with Crippen LogP contribution in [0.15, 0.2) is 16.5 Å². The summed E-state index contributed by atoms with van der Waals surface area (Å²) < 4.78 is 29.1. The fraction of sp³-hybridized carbons (Fsp3) is 0.643. The quantitative estimate of drug-likeness (QED) is 0.856. The van der Waals surface area contributed by atoms with Crippen LogP contribution in [0.2, 0.25) is 0 Å². The molecule has 1 aliphatic rings. The van der Waals surface area contributed by atoms with Crippen LogP contribution in [0.1, 0.15) is 42.0 Å². The van der Waals surface area contributed by atoms with E-state index >= 15 is 0 Å². The second-order valence-electron chi connectivity index (χ2n) is 5.55. The zero-order valence-electron chi connectivity index (χ0n) is 12.1. The van der Waals surface area contributed by atoms with Crippen LogP contribution in [0.4, 0.5) is 0 Å². The lowest BCUT2D eigenvalue weighted by atomic mass is 9.93. The first-order valence-electron chi connectivity index (χ1n) is 6.83. The number of sulfone groups is 1. The van der Waals surface area contributed by atoms with Crippen LogP contribution in [-0.4, -0.2) is 43.8 Å². The van der Waals surface area contributed by atoms with Gasteiger partial charge in [-0.1, -0.05) is 12.8 Å². The SMILES string of the molecule is Cc1ccc(C(=O)N(C)[C@H]2CCCC[C@@H]2S(C)(=O)=O)o1. The van der Waals surface area contributed by atoms with Gasteiger partial charge >= 0.3 is 0 Å². The van der Waals surface area contributed by atoms with Crippen molar-refractivity contribution >= 4 is 15.7 Å². The van der Waals surface area contributed by atoms with Crippen LogP contribution < -0.4 is 0 Å². The molecule has 0 spiro atoms. The van der Waals surface area contributed by atoms with Crippen LogP contribution in [0, 0.1) is 6.92 Å². The number of hydrogen-bond acceptors (Lipinski definition) is 4. The summed E-state index contributed by atoms with van der Waals surface area (Å²) in [7, 11) is -1.49. The Kier molecular flexibility index (Phi) is 4.22. The summed E-state index contributed by atoms with van der Waals surface area (Å²) in [4.78, 5) is 13.9. The van der Waals surface area contributed by atoms with E-state index in [1.807, 2.05) is 0 Å². The van der Waals surface area contributed by atoms with Crippen molar-refractivity contribution in [3.63, 3.8) is 0 Å². The topological polar surface area (TPSA) is 67.6 Å². The van der Waals surface area contributed by atoms with E-state index in [0.29, 0.717) is 12.2 Å². The van der Waals surface area contributed by atoms with Crippen molar-refractivity contribution in [1.29, 1.82) is 0 Å². The van der Waals surface area contributed by atoms with E-state index in [4.69, 9.17) is 4.42 Å². The van der Waals surface area contributed by atoms with Gasteiger partial charge < -0.3 is 9.32 Å². The van der Waals surface area contributed by atoms with Gasteiger partial charge in [-0.3, -0.25) is 4.79 Å². The van der Waals surface area contributed by atoms with E-state index < -0.39 is 15.1 Å². The molecule has 6 heteroatoms. The summed E-state index contributed by atoms with van der Waals surface area (Å²) in [6.07, 6.45) is 4.45. The smallest absolute Gasteiger partial charge is 0.289 e. The molecule has 1 amide bonds. The van der Waals surface area contributed by atoms with Gasteiger partial charge in [0.05, 0.1) is 5.25 Å². The maximum atomic E-state index is 12.4.